The van der Waals surface area contributed by atoms with Crippen molar-refractivity contribution in [3.8, 4) is 0 Å². The van der Waals surface area contributed by atoms with Crippen molar-refractivity contribution in [3.63, 3.8) is 0 Å². The number of carbonyl (C=O) groups excluding carboxylic acids is 1. The Morgan fingerprint density at radius 3 is 2.04 bits per heavy atom. The summed E-state index contributed by atoms with van der Waals surface area (Å²) in [4.78, 5) is 21.7. The van der Waals surface area contributed by atoms with Crippen LogP contribution in [0.5, 0.6) is 0 Å². The van der Waals surface area contributed by atoms with Crippen LogP contribution < -0.4 is 0 Å². The van der Waals surface area contributed by atoms with E-state index in [1.165, 1.54) is 12.1 Å². The van der Waals surface area contributed by atoms with E-state index in [0.717, 1.165) is 12.1 Å². The Hall–Kier alpha value is -3.10. The molecule has 124 valence electrons. The van der Waals surface area contributed by atoms with Crippen molar-refractivity contribution < 1.29 is 31.7 Å². The summed E-state index contributed by atoms with van der Waals surface area (Å²) in [5.41, 5.74) is -1.88. The molecule has 0 bridgehead atoms. The van der Waals surface area contributed by atoms with Crippen LogP contribution in [0.3, 0.4) is 0 Å². The van der Waals surface area contributed by atoms with Gasteiger partial charge in [0.15, 0.2) is 29.1 Å². The van der Waals surface area contributed by atoms with E-state index >= 15 is 0 Å². The molecule has 0 atom stereocenters. The number of nitrogens with zero attached hydrogens (tertiary/aromatic N) is 1. The number of nitro groups is 1. The van der Waals surface area contributed by atoms with Gasteiger partial charge in [-0.1, -0.05) is 12.1 Å². The van der Waals surface area contributed by atoms with Crippen LogP contribution in [0.1, 0.15) is 15.9 Å². The molecule has 0 aliphatic heterocycles. The van der Waals surface area contributed by atoms with Crippen LogP contribution >= 0.6 is 0 Å². The lowest BCUT2D eigenvalue weighted by molar-refractivity contribution is -0.384. The van der Waals surface area contributed by atoms with Gasteiger partial charge >= 0.3 is 0 Å². The average molecular weight is 343 g/mol. The second-order valence-electron chi connectivity index (χ2n) is 4.49. The molecule has 0 saturated carbocycles. The zero-order chi connectivity index (χ0) is 18.0. The monoisotopic (exact) mass is 343 g/mol. The predicted octanol–water partition coefficient (Wildman–Crippen LogP) is 4.19. The highest BCUT2D eigenvalue weighted by Gasteiger charge is 2.24. The Balaban J connectivity index is 2.40. The molecule has 0 heterocycles. The van der Waals surface area contributed by atoms with E-state index in [0.29, 0.717) is 12.2 Å². The van der Waals surface area contributed by atoms with Gasteiger partial charge in [0.05, 0.1) is 10.5 Å². The van der Waals surface area contributed by atoms with Gasteiger partial charge in [-0.3, -0.25) is 14.9 Å². The summed E-state index contributed by atoms with van der Waals surface area (Å²) < 4.78 is 65.9. The van der Waals surface area contributed by atoms with E-state index in [4.69, 9.17) is 0 Å². The van der Waals surface area contributed by atoms with Gasteiger partial charge in [0.2, 0.25) is 5.82 Å². The second kappa shape index (κ2) is 6.57. The summed E-state index contributed by atoms with van der Waals surface area (Å²) in [6, 6.07) is 4.42. The molecule has 2 aromatic carbocycles. The maximum absolute atomic E-state index is 13.5. The van der Waals surface area contributed by atoms with E-state index in [-0.39, 0.29) is 5.56 Å². The normalized spacial score (nSPS) is 11.0. The lowest BCUT2D eigenvalue weighted by atomic mass is 10.1. The van der Waals surface area contributed by atoms with Crippen molar-refractivity contribution in [2.24, 2.45) is 0 Å². The summed E-state index contributed by atoms with van der Waals surface area (Å²) in [5.74, 6) is -11.7. The third-order valence-corrected chi connectivity index (χ3v) is 2.99. The third-order valence-electron chi connectivity index (χ3n) is 2.99. The van der Waals surface area contributed by atoms with Crippen molar-refractivity contribution in [3.05, 3.63) is 80.7 Å². The molecule has 0 aliphatic carbocycles. The van der Waals surface area contributed by atoms with Gasteiger partial charge in [0.1, 0.15) is 0 Å². The van der Waals surface area contributed by atoms with Gasteiger partial charge in [-0.15, -0.1) is 0 Å². The number of rotatable bonds is 4. The molecule has 0 unspecified atom stereocenters. The van der Waals surface area contributed by atoms with E-state index < -0.39 is 51.0 Å². The molecule has 0 aromatic heterocycles. The number of allylic oxidation sites excluding steroid dienone is 1. The van der Waals surface area contributed by atoms with Crippen LogP contribution in [0.15, 0.2) is 30.3 Å². The number of ketones is 1. The Morgan fingerprint density at radius 1 is 0.958 bits per heavy atom. The zero-order valence-corrected chi connectivity index (χ0v) is 11.5. The molecule has 0 fully saturated rings. The molecular weight excluding hydrogens is 337 g/mol. The summed E-state index contributed by atoms with van der Waals surface area (Å²) in [5, 5.41) is 10.6. The molecule has 0 aliphatic rings. The fraction of sp³-hybridized carbons (Fsp3) is 0. The number of non-ortho nitro benzene ring substituents is 1. The standard InChI is InChI=1S/C15H6F5NO3/c16-11-9(12(17)14(19)15(20)13(11)18)4-5-10(22)7-2-1-3-8(6-7)21(23)24/h1-6H/b5-4+. The number of carbonyl (C=O) groups is 1. The molecule has 4 nitrogen and oxygen atoms in total. The highest BCUT2D eigenvalue weighted by Crippen LogP contribution is 2.24. The maximum atomic E-state index is 13.5. The fourth-order valence-corrected chi connectivity index (χ4v) is 1.80. The smallest absolute Gasteiger partial charge is 0.270 e. The Labute approximate surface area is 131 Å². The molecule has 24 heavy (non-hydrogen) atoms. The number of halogens is 5. The van der Waals surface area contributed by atoms with Crippen LogP contribution in [0.2, 0.25) is 0 Å². The quantitative estimate of drug-likeness (QED) is 0.159. The minimum atomic E-state index is -2.31. The van der Waals surface area contributed by atoms with E-state index in [2.05, 4.69) is 0 Å². The van der Waals surface area contributed by atoms with E-state index in [1.54, 1.807) is 0 Å². The average Bonchev–Trinajstić information content (AvgIpc) is 2.58. The van der Waals surface area contributed by atoms with Crippen LogP contribution in [-0.2, 0) is 0 Å². The van der Waals surface area contributed by atoms with Gasteiger partial charge in [-0.25, -0.2) is 22.0 Å². The van der Waals surface area contributed by atoms with Crippen molar-refractivity contribution >= 4 is 17.5 Å². The maximum Gasteiger partial charge on any atom is 0.270 e. The lowest BCUT2D eigenvalue weighted by Gasteiger charge is -2.04. The minimum absolute atomic E-state index is 0.190. The molecule has 0 spiro atoms. The molecule has 2 rings (SSSR count). The SMILES string of the molecule is O=C(/C=C/c1c(F)c(F)c(F)c(F)c1F)c1cccc([N+](=O)[O-])c1. The Bertz CT molecular complexity index is 851. The topological polar surface area (TPSA) is 60.2 Å². The molecular formula is C15H6F5NO3. The summed E-state index contributed by atoms with van der Waals surface area (Å²) in [6.07, 6.45) is 0.967. The summed E-state index contributed by atoms with van der Waals surface area (Å²) in [7, 11) is 0. The molecule has 0 N–H and O–H groups in total. The molecule has 0 saturated heterocycles. The first-order valence-corrected chi connectivity index (χ1v) is 6.22. The summed E-state index contributed by atoms with van der Waals surface area (Å²) >= 11 is 0. The largest absolute Gasteiger partial charge is 0.289 e. The first-order chi connectivity index (χ1) is 11.2. The highest BCUT2D eigenvalue weighted by molar-refractivity contribution is 6.07. The van der Waals surface area contributed by atoms with Crippen molar-refractivity contribution in [2.45, 2.75) is 0 Å². The molecule has 0 radical (unpaired) electrons. The van der Waals surface area contributed by atoms with Crippen LogP contribution in [-0.4, -0.2) is 10.7 Å². The number of hydrogen-bond donors (Lipinski definition) is 0. The third kappa shape index (κ3) is 3.14. The van der Waals surface area contributed by atoms with Gasteiger partial charge in [-0.2, -0.15) is 0 Å². The minimum Gasteiger partial charge on any atom is -0.289 e. The van der Waals surface area contributed by atoms with Crippen LogP contribution in [0.4, 0.5) is 27.6 Å². The second-order valence-corrected chi connectivity index (χ2v) is 4.49. The van der Waals surface area contributed by atoms with Crippen LogP contribution in [0, 0.1) is 39.2 Å². The molecule has 0 amide bonds. The zero-order valence-electron chi connectivity index (χ0n) is 11.5. The highest BCUT2D eigenvalue weighted by atomic mass is 19.2. The Morgan fingerprint density at radius 2 is 1.50 bits per heavy atom. The van der Waals surface area contributed by atoms with Crippen LogP contribution in [0.25, 0.3) is 6.08 Å². The van der Waals surface area contributed by atoms with Gasteiger partial charge in [-0.05, 0) is 12.2 Å². The number of hydrogen-bond acceptors (Lipinski definition) is 3. The fourth-order valence-electron chi connectivity index (χ4n) is 1.80. The number of nitro benzene ring substituents is 1. The van der Waals surface area contributed by atoms with E-state index in [9.17, 15) is 36.9 Å². The Kier molecular flexibility index (Phi) is 4.72. The van der Waals surface area contributed by atoms with Crippen molar-refractivity contribution in [2.75, 3.05) is 0 Å². The first kappa shape index (κ1) is 17.3. The first-order valence-electron chi connectivity index (χ1n) is 6.22. The van der Waals surface area contributed by atoms with Crippen molar-refractivity contribution in [1.82, 2.24) is 0 Å². The van der Waals surface area contributed by atoms with Gasteiger partial charge in [0, 0.05) is 17.7 Å². The van der Waals surface area contributed by atoms with Gasteiger partial charge < -0.3 is 0 Å². The predicted molar refractivity (Wildman–Crippen MR) is 72.7 cm³/mol. The lowest BCUT2D eigenvalue weighted by Crippen LogP contribution is -2.04. The number of benzene rings is 2. The molecule has 9 heteroatoms. The van der Waals surface area contributed by atoms with Crippen molar-refractivity contribution in [1.29, 1.82) is 0 Å². The van der Waals surface area contributed by atoms with Gasteiger partial charge in [0.25, 0.3) is 5.69 Å². The molecule has 2 aromatic rings. The summed E-state index contributed by atoms with van der Waals surface area (Å²) in [6.45, 7) is 0. The van der Waals surface area contributed by atoms with E-state index in [1.807, 2.05) is 0 Å².